The van der Waals surface area contributed by atoms with Gasteiger partial charge in [0.1, 0.15) is 11.9 Å². The average molecular weight is 306 g/mol. The molecule has 1 rings (SSSR count). The van der Waals surface area contributed by atoms with Crippen LogP contribution in [0.4, 0.5) is 4.39 Å². The number of amides is 1. The van der Waals surface area contributed by atoms with Crippen LogP contribution in [0.1, 0.15) is 16.8 Å². The minimum Gasteiger partial charge on any atom is -0.480 e. The van der Waals surface area contributed by atoms with Crippen LogP contribution in [0.5, 0.6) is 0 Å². The number of hydrogen-bond donors (Lipinski definition) is 2. The van der Waals surface area contributed by atoms with Crippen molar-refractivity contribution in [2.75, 3.05) is 12.0 Å². The van der Waals surface area contributed by atoms with Gasteiger partial charge in [-0.05, 0) is 36.6 Å². The van der Waals surface area contributed by atoms with Crippen molar-refractivity contribution in [3.8, 4) is 0 Å². The first-order chi connectivity index (χ1) is 8.95. The number of carbonyl (C=O) groups is 2. The van der Waals surface area contributed by atoms with Crippen LogP contribution in [0.2, 0.25) is 5.02 Å². The lowest BCUT2D eigenvalue weighted by atomic mass is 10.1. The molecule has 1 unspecified atom stereocenters. The smallest absolute Gasteiger partial charge is 0.326 e. The molecule has 0 spiro atoms. The zero-order chi connectivity index (χ0) is 14.4. The number of halogens is 2. The molecule has 104 valence electrons. The monoisotopic (exact) mass is 305 g/mol. The van der Waals surface area contributed by atoms with E-state index in [1.165, 1.54) is 23.9 Å². The van der Waals surface area contributed by atoms with Crippen LogP contribution in [-0.2, 0) is 4.79 Å². The fourth-order valence-corrected chi connectivity index (χ4v) is 2.02. The van der Waals surface area contributed by atoms with Crippen molar-refractivity contribution >= 4 is 35.2 Å². The molecule has 0 fully saturated rings. The van der Waals surface area contributed by atoms with E-state index in [0.29, 0.717) is 12.2 Å². The summed E-state index contributed by atoms with van der Waals surface area (Å²) in [5.74, 6) is -1.71. The van der Waals surface area contributed by atoms with Crippen LogP contribution in [0.15, 0.2) is 18.2 Å². The Hall–Kier alpha value is -1.27. The Balaban J connectivity index is 2.75. The maximum Gasteiger partial charge on any atom is 0.326 e. The number of nitrogens with one attached hydrogen (secondary N) is 1. The van der Waals surface area contributed by atoms with Gasteiger partial charge in [-0.25, -0.2) is 9.18 Å². The Morgan fingerprint density at radius 2 is 2.21 bits per heavy atom. The van der Waals surface area contributed by atoms with Crippen molar-refractivity contribution in [1.29, 1.82) is 0 Å². The predicted molar refractivity (Wildman–Crippen MR) is 73.3 cm³/mol. The molecule has 0 aliphatic heterocycles. The fraction of sp³-hybridized carbons (Fsp3) is 0.333. The molecule has 0 saturated heterocycles. The summed E-state index contributed by atoms with van der Waals surface area (Å²) in [6, 6.07) is 2.52. The van der Waals surface area contributed by atoms with E-state index in [4.69, 9.17) is 16.7 Å². The standard InChI is InChI=1S/C12H13ClFNO3S/c1-19-5-4-10(12(17)18)15-11(16)7-2-3-9(14)8(13)6-7/h2-3,6,10H,4-5H2,1H3,(H,15,16)(H,17,18). The molecular formula is C12H13ClFNO3S. The molecule has 2 N–H and O–H groups in total. The van der Waals surface area contributed by atoms with Gasteiger partial charge in [-0.2, -0.15) is 11.8 Å². The van der Waals surface area contributed by atoms with E-state index in [1.807, 2.05) is 6.26 Å². The molecule has 0 aromatic heterocycles. The highest BCUT2D eigenvalue weighted by molar-refractivity contribution is 7.98. The van der Waals surface area contributed by atoms with Gasteiger partial charge >= 0.3 is 5.97 Å². The van der Waals surface area contributed by atoms with E-state index in [0.717, 1.165) is 6.07 Å². The van der Waals surface area contributed by atoms with Crippen molar-refractivity contribution in [2.24, 2.45) is 0 Å². The third kappa shape index (κ3) is 4.72. The highest BCUT2D eigenvalue weighted by atomic mass is 35.5. The van der Waals surface area contributed by atoms with Gasteiger partial charge in [-0.1, -0.05) is 11.6 Å². The minimum atomic E-state index is -1.10. The molecule has 0 heterocycles. The molecule has 7 heteroatoms. The molecule has 1 aromatic rings. The van der Waals surface area contributed by atoms with Gasteiger partial charge in [-0.3, -0.25) is 4.79 Å². The largest absolute Gasteiger partial charge is 0.480 e. The minimum absolute atomic E-state index is 0.127. The number of carboxylic acids is 1. The van der Waals surface area contributed by atoms with Gasteiger partial charge in [-0.15, -0.1) is 0 Å². The van der Waals surface area contributed by atoms with E-state index in [9.17, 15) is 14.0 Å². The van der Waals surface area contributed by atoms with Crippen LogP contribution >= 0.6 is 23.4 Å². The molecule has 4 nitrogen and oxygen atoms in total. The van der Waals surface area contributed by atoms with Gasteiger partial charge in [0.15, 0.2) is 0 Å². The van der Waals surface area contributed by atoms with E-state index in [1.54, 1.807) is 0 Å². The van der Waals surface area contributed by atoms with Gasteiger partial charge in [0, 0.05) is 5.56 Å². The summed E-state index contributed by atoms with van der Waals surface area (Å²) >= 11 is 7.06. The van der Waals surface area contributed by atoms with E-state index < -0.39 is 23.7 Å². The maximum atomic E-state index is 13.0. The Bertz CT molecular complexity index is 484. The number of aliphatic carboxylic acids is 1. The SMILES string of the molecule is CSCCC(NC(=O)c1ccc(F)c(Cl)c1)C(=O)O. The van der Waals surface area contributed by atoms with Crippen LogP contribution in [0.3, 0.4) is 0 Å². The lowest BCUT2D eigenvalue weighted by Gasteiger charge is -2.14. The summed E-state index contributed by atoms with van der Waals surface area (Å²) in [5, 5.41) is 11.2. The summed E-state index contributed by atoms with van der Waals surface area (Å²) in [7, 11) is 0. The molecule has 0 radical (unpaired) electrons. The fourth-order valence-electron chi connectivity index (χ4n) is 1.37. The third-order valence-corrected chi connectivity index (χ3v) is 3.33. The van der Waals surface area contributed by atoms with Gasteiger partial charge < -0.3 is 10.4 Å². The maximum absolute atomic E-state index is 13.0. The molecule has 1 aromatic carbocycles. The van der Waals surface area contributed by atoms with Crippen molar-refractivity contribution in [2.45, 2.75) is 12.5 Å². The number of thioether (sulfide) groups is 1. The van der Waals surface area contributed by atoms with E-state index in [-0.39, 0.29) is 10.6 Å². The quantitative estimate of drug-likeness (QED) is 0.847. The molecule has 1 amide bonds. The van der Waals surface area contributed by atoms with Crippen LogP contribution in [0.25, 0.3) is 0 Å². The number of rotatable bonds is 6. The van der Waals surface area contributed by atoms with Crippen molar-refractivity contribution in [1.82, 2.24) is 5.32 Å². The zero-order valence-electron chi connectivity index (χ0n) is 10.2. The average Bonchev–Trinajstić information content (AvgIpc) is 2.37. The number of hydrogen-bond acceptors (Lipinski definition) is 3. The third-order valence-electron chi connectivity index (χ3n) is 2.40. The summed E-state index contributed by atoms with van der Waals surface area (Å²) in [4.78, 5) is 22.8. The first kappa shape index (κ1) is 15.8. The predicted octanol–water partition coefficient (Wildman–Crippen LogP) is 2.42. The molecule has 0 bridgehead atoms. The Morgan fingerprint density at radius 1 is 1.53 bits per heavy atom. The topological polar surface area (TPSA) is 66.4 Å². The first-order valence-corrected chi connectivity index (χ1v) is 7.20. The normalized spacial score (nSPS) is 11.9. The molecule has 0 aliphatic carbocycles. The van der Waals surface area contributed by atoms with E-state index >= 15 is 0 Å². The Kier molecular flexibility index (Phi) is 6.11. The molecule has 0 aliphatic rings. The summed E-state index contributed by atoms with van der Waals surface area (Å²) in [6.45, 7) is 0. The van der Waals surface area contributed by atoms with Crippen LogP contribution in [0, 0.1) is 5.82 Å². The second kappa shape index (κ2) is 7.35. The zero-order valence-corrected chi connectivity index (χ0v) is 11.7. The first-order valence-electron chi connectivity index (χ1n) is 5.43. The van der Waals surface area contributed by atoms with Crippen LogP contribution < -0.4 is 5.32 Å². The Morgan fingerprint density at radius 3 is 2.74 bits per heavy atom. The second-order valence-electron chi connectivity index (χ2n) is 3.77. The molecule has 19 heavy (non-hydrogen) atoms. The molecule has 1 atom stereocenters. The van der Waals surface area contributed by atoms with Crippen molar-refractivity contribution < 1.29 is 19.1 Å². The summed E-state index contributed by atoms with van der Waals surface area (Å²) in [6.07, 6.45) is 2.16. The highest BCUT2D eigenvalue weighted by Crippen LogP contribution is 2.16. The number of benzene rings is 1. The molecule has 0 saturated carbocycles. The Labute approximate surface area is 119 Å². The van der Waals surface area contributed by atoms with Gasteiger partial charge in [0.25, 0.3) is 5.91 Å². The van der Waals surface area contributed by atoms with Crippen molar-refractivity contribution in [3.05, 3.63) is 34.6 Å². The van der Waals surface area contributed by atoms with Crippen LogP contribution in [-0.4, -0.2) is 35.0 Å². The lowest BCUT2D eigenvalue weighted by molar-refractivity contribution is -0.139. The summed E-state index contributed by atoms with van der Waals surface area (Å²) < 4.78 is 13.0. The highest BCUT2D eigenvalue weighted by Gasteiger charge is 2.20. The second-order valence-corrected chi connectivity index (χ2v) is 5.17. The molecular weight excluding hydrogens is 293 g/mol. The van der Waals surface area contributed by atoms with Gasteiger partial charge in [0.2, 0.25) is 0 Å². The summed E-state index contributed by atoms with van der Waals surface area (Å²) in [5.41, 5.74) is 0.127. The van der Waals surface area contributed by atoms with E-state index in [2.05, 4.69) is 5.32 Å². The number of carbonyl (C=O) groups excluding carboxylic acids is 1. The van der Waals surface area contributed by atoms with Crippen molar-refractivity contribution in [3.63, 3.8) is 0 Å². The van der Waals surface area contributed by atoms with Gasteiger partial charge in [0.05, 0.1) is 5.02 Å². The lowest BCUT2D eigenvalue weighted by Crippen LogP contribution is -2.41. The number of carboxylic acid groups (broad SMARTS) is 1.